The summed E-state index contributed by atoms with van der Waals surface area (Å²) in [5.74, 6) is -0.841. The first-order valence-corrected chi connectivity index (χ1v) is 10.7. The molecule has 1 aromatic carbocycles. The molecule has 144 valence electrons. The van der Waals surface area contributed by atoms with Gasteiger partial charge in [-0.1, -0.05) is 6.07 Å². The number of nitrogens with two attached hydrogens (primary N) is 1. The fraction of sp³-hybridized carbons (Fsp3) is 0.333. The molecule has 0 saturated carbocycles. The van der Waals surface area contributed by atoms with Gasteiger partial charge in [-0.25, -0.2) is 13.2 Å². The summed E-state index contributed by atoms with van der Waals surface area (Å²) in [5.41, 5.74) is 5.78. The molecule has 2 N–H and O–H groups in total. The van der Waals surface area contributed by atoms with Crippen LogP contribution in [-0.2, 0) is 25.9 Å². The molecular weight excluding hydrogens is 388 g/mol. The molecule has 1 aromatic heterocycles. The lowest BCUT2D eigenvalue weighted by Crippen LogP contribution is -2.41. The minimum Gasteiger partial charge on any atom is -0.467 e. The molecule has 7 nitrogen and oxygen atoms in total. The van der Waals surface area contributed by atoms with Crippen LogP contribution in [0.25, 0.3) is 0 Å². The number of amides is 1. The normalized spacial score (nSPS) is 17.1. The highest BCUT2D eigenvalue weighted by Crippen LogP contribution is 2.29. The van der Waals surface area contributed by atoms with E-state index in [1.54, 1.807) is 12.1 Å². The molecule has 1 aliphatic rings. The standard InChI is InChI=1S/C18H20N2O5S2/c1-25-18(22)15-6-3-9-20(15)17(21)12-4-2-5-14(10-12)27(23,24)16-8-7-13(11-19)26-16/h2,4-5,7-8,10,15H,3,6,9,11,19H2,1H3/t15-/m1/s1. The Kier molecular flexibility index (Phi) is 5.64. The van der Waals surface area contributed by atoms with Gasteiger partial charge in [0.05, 0.1) is 12.0 Å². The van der Waals surface area contributed by atoms with Crippen molar-refractivity contribution < 1.29 is 22.7 Å². The zero-order chi connectivity index (χ0) is 19.6. The van der Waals surface area contributed by atoms with Crippen LogP contribution in [0.5, 0.6) is 0 Å². The first-order valence-electron chi connectivity index (χ1n) is 8.41. The monoisotopic (exact) mass is 408 g/mol. The Bertz CT molecular complexity index is 968. The minimum absolute atomic E-state index is 0.0348. The van der Waals surface area contributed by atoms with Crippen molar-refractivity contribution in [1.82, 2.24) is 4.90 Å². The summed E-state index contributed by atoms with van der Waals surface area (Å²) in [4.78, 5) is 27.0. The molecule has 1 fully saturated rings. The Hall–Kier alpha value is -2.23. The van der Waals surface area contributed by atoms with E-state index in [-0.39, 0.29) is 27.1 Å². The SMILES string of the molecule is COC(=O)[C@H]1CCCN1C(=O)c1cccc(S(=O)(=O)c2ccc(CN)s2)c1. The quantitative estimate of drug-likeness (QED) is 0.756. The highest BCUT2D eigenvalue weighted by Gasteiger charge is 2.35. The molecule has 3 rings (SSSR count). The lowest BCUT2D eigenvalue weighted by Gasteiger charge is -2.22. The van der Waals surface area contributed by atoms with Crippen molar-refractivity contribution in [3.63, 3.8) is 0 Å². The molecule has 0 aliphatic carbocycles. The molecular formula is C18H20N2O5S2. The second-order valence-electron chi connectivity index (χ2n) is 6.14. The molecule has 2 heterocycles. The maximum atomic E-state index is 12.9. The van der Waals surface area contributed by atoms with E-state index >= 15 is 0 Å². The zero-order valence-electron chi connectivity index (χ0n) is 14.8. The van der Waals surface area contributed by atoms with Gasteiger partial charge in [0, 0.05) is 23.5 Å². The molecule has 1 amide bonds. The number of hydrogen-bond acceptors (Lipinski definition) is 7. The number of carbonyl (C=O) groups excluding carboxylic acids is 2. The zero-order valence-corrected chi connectivity index (χ0v) is 16.4. The third-order valence-corrected chi connectivity index (χ3v) is 7.83. The van der Waals surface area contributed by atoms with E-state index in [1.165, 1.54) is 36.3 Å². The van der Waals surface area contributed by atoms with Gasteiger partial charge in [-0.2, -0.15) is 0 Å². The van der Waals surface area contributed by atoms with Gasteiger partial charge in [0.15, 0.2) is 0 Å². The van der Waals surface area contributed by atoms with E-state index in [0.717, 1.165) is 16.2 Å². The van der Waals surface area contributed by atoms with E-state index in [1.807, 2.05) is 0 Å². The summed E-state index contributed by atoms with van der Waals surface area (Å²) in [6, 6.07) is 8.45. The molecule has 2 aromatic rings. The van der Waals surface area contributed by atoms with Gasteiger partial charge in [0.25, 0.3) is 5.91 Å². The second kappa shape index (κ2) is 7.79. The van der Waals surface area contributed by atoms with E-state index in [2.05, 4.69) is 0 Å². The maximum Gasteiger partial charge on any atom is 0.328 e. The van der Waals surface area contributed by atoms with Crippen molar-refractivity contribution >= 4 is 33.1 Å². The van der Waals surface area contributed by atoms with Crippen LogP contribution in [0.1, 0.15) is 28.1 Å². The van der Waals surface area contributed by atoms with E-state index < -0.39 is 21.8 Å². The van der Waals surface area contributed by atoms with Crippen LogP contribution in [0.4, 0.5) is 0 Å². The van der Waals surface area contributed by atoms with Crippen LogP contribution >= 0.6 is 11.3 Å². The van der Waals surface area contributed by atoms with Gasteiger partial charge in [0.2, 0.25) is 9.84 Å². The lowest BCUT2D eigenvalue weighted by atomic mass is 10.1. The van der Waals surface area contributed by atoms with E-state index in [4.69, 9.17) is 10.5 Å². The third kappa shape index (κ3) is 3.76. The summed E-state index contributed by atoms with van der Waals surface area (Å²) in [6.07, 6.45) is 1.23. The molecule has 0 bridgehead atoms. The highest BCUT2D eigenvalue weighted by molar-refractivity contribution is 7.93. The van der Waals surface area contributed by atoms with Gasteiger partial charge in [-0.3, -0.25) is 4.79 Å². The van der Waals surface area contributed by atoms with Crippen molar-refractivity contribution in [2.45, 2.75) is 34.5 Å². The molecule has 0 spiro atoms. The highest BCUT2D eigenvalue weighted by atomic mass is 32.2. The second-order valence-corrected chi connectivity index (χ2v) is 9.48. The largest absolute Gasteiger partial charge is 0.467 e. The average Bonchev–Trinajstić information content (AvgIpc) is 3.36. The number of benzene rings is 1. The molecule has 1 aliphatic heterocycles. The number of carbonyl (C=O) groups is 2. The van der Waals surface area contributed by atoms with Crippen molar-refractivity contribution in [2.24, 2.45) is 5.73 Å². The van der Waals surface area contributed by atoms with Crippen molar-refractivity contribution in [3.05, 3.63) is 46.8 Å². The third-order valence-electron chi connectivity index (χ3n) is 4.48. The van der Waals surface area contributed by atoms with Gasteiger partial charge in [0.1, 0.15) is 10.3 Å². The number of ether oxygens (including phenoxy) is 1. The molecule has 1 saturated heterocycles. The summed E-state index contributed by atoms with van der Waals surface area (Å²) in [6.45, 7) is 0.697. The lowest BCUT2D eigenvalue weighted by molar-refractivity contribution is -0.145. The van der Waals surface area contributed by atoms with Gasteiger partial charge < -0.3 is 15.4 Å². The molecule has 0 unspecified atom stereocenters. The van der Waals surface area contributed by atoms with Crippen LogP contribution in [0, 0.1) is 0 Å². The Morgan fingerprint density at radius 3 is 2.74 bits per heavy atom. The van der Waals surface area contributed by atoms with Gasteiger partial charge >= 0.3 is 5.97 Å². The van der Waals surface area contributed by atoms with Crippen LogP contribution in [-0.4, -0.2) is 44.9 Å². The van der Waals surface area contributed by atoms with Gasteiger partial charge in [-0.05, 0) is 43.2 Å². The van der Waals surface area contributed by atoms with Crippen molar-refractivity contribution in [3.8, 4) is 0 Å². The minimum atomic E-state index is -3.74. The Balaban J connectivity index is 1.91. The van der Waals surface area contributed by atoms with Crippen LogP contribution in [0.2, 0.25) is 0 Å². The number of methoxy groups -OCH3 is 1. The first kappa shape index (κ1) is 19.5. The molecule has 27 heavy (non-hydrogen) atoms. The number of rotatable bonds is 5. The van der Waals surface area contributed by atoms with Crippen LogP contribution in [0.15, 0.2) is 45.5 Å². The summed E-state index contributed by atoms with van der Waals surface area (Å²) in [7, 11) is -2.46. The molecule has 1 atom stereocenters. The summed E-state index contributed by atoms with van der Waals surface area (Å²) < 4.78 is 30.6. The Labute approximate surface area is 161 Å². The maximum absolute atomic E-state index is 12.9. The first-order chi connectivity index (χ1) is 12.9. The molecule has 9 heteroatoms. The van der Waals surface area contributed by atoms with E-state index in [0.29, 0.717) is 19.4 Å². The Morgan fingerprint density at radius 2 is 2.07 bits per heavy atom. The molecule has 0 radical (unpaired) electrons. The number of hydrogen-bond donors (Lipinski definition) is 1. The van der Waals surface area contributed by atoms with Gasteiger partial charge in [-0.15, -0.1) is 11.3 Å². The fourth-order valence-electron chi connectivity index (χ4n) is 3.08. The number of thiophene rings is 1. The predicted octanol–water partition coefficient (Wildman–Crippen LogP) is 1.82. The van der Waals surface area contributed by atoms with Crippen LogP contribution in [0.3, 0.4) is 0 Å². The number of likely N-dealkylation sites (tertiary alicyclic amines) is 1. The predicted molar refractivity (Wildman–Crippen MR) is 100 cm³/mol. The topological polar surface area (TPSA) is 107 Å². The average molecular weight is 409 g/mol. The number of nitrogens with zero attached hydrogens (tertiary/aromatic N) is 1. The number of esters is 1. The fourth-order valence-corrected chi connectivity index (χ4v) is 5.76. The Morgan fingerprint density at radius 1 is 1.30 bits per heavy atom. The summed E-state index contributed by atoms with van der Waals surface area (Å²) in [5, 5.41) is 0. The van der Waals surface area contributed by atoms with E-state index in [9.17, 15) is 18.0 Å². The van der Waals surface area contributed by atoms with Crippen molar-refractivity contribution in [1.29, 1.82) is 0 Å². The smallest absolute Gasteiger partial charge is 0.328 e. The number of sulfone groups is 1. The summed E-state index contributed by atoms with van der Waals surface area (Å²) >= 11 is 1.11. The van der Waals surface area contributed by atoms with Crippen molar-refractivity contribution in [2.75, 3.05) is 13.7 Å². The van der Waals surface area contributed by atoms with Crippen LogP contribution < -0.4 is 5.73 Å².